The molecule has 0 bridgehead atoms. The topological polar surface area (TPSA) is 83.3 Å². The van der Waals surface area contributed by atoms with Gasteiger partial charge in [0, 0.05) is 31.6 Å². The van der Waals surface area contributed by atoms with Crippen molar-refractivity contribution in [3.05, 3.63) is 29.7 Å². The molecule has 1 aromatic carbocycles. The van der Waals surface area contributed by atoms with Gasteiger partial charge in [0.15, 0.2) is 17.1 Å². The van der Waals surface area contributed by atoms with E-state index < -0.39 is 0 Å². The first kappa shape index (κ1) is 17.4. The summed E-state index contributed by atoms with van der Waals surface area (Å²) in [7, 11) is 3.54. The molecule has 3 aromatic rings. The third kappa shape index (κ3) is 3.34. The van der Waals surface area contributed by atoms with Gasteiger partial charge >= 0.3 is 0 Å². The summed E-state index contributed by atoms with van der Waals surface area (Å²) in [5, 5.41) is 8.63. The maximum atomic E-state index is 5.69. The SMILES string of the molecule is CCCc1nc(NCc2cc3c(cc2OC)OCCO3)c2cnn(C)c2n1. The van der Waals surface area contributed by atoms with E-state index in [0.717, 1.165) is 52.6 Å². The second kappa shape index (κ2) is 7.30. The van der Waals surface area contributed by atoms with Crippen molar-refractivity contribution in [3.63, 3.8) is 0 Å². The molecule has 0 aliphatic carbocycles. The molecule has 1 aliphatic rings. The van der Waals surface area contributed by atoms with E-state index in [-0.39, 0.29) is 0 Å². The standard InChI is InChI=1S/C19H23N5O3/c1-4-5-17-22-18(13-11-21-24(2)19(13)23-17)20-10-12-8-15-16(9-14(12)25-3)27-7-6-26-15/h8-9,11H,4-7,10H2,1-3H3,(H,20,22,23). The average molecular weight is 369 g/mol. The van der Waals surface area contributed by atoms with Crippen molar-refractivity contribution < 1.29 is 14.2 Å². The lowest BCUT2D eigenvalue weighted by molar-refractivity contribution is 0.170. The van der Waals surface area contributed by atoms with Crippen LogP contribution >= 0.6 is 0 Å². The maximum Gasteiger partial charge on any atom is 0.165 e. The van der Waals surface area contributed by atoms with E-state index in [4.69, 9.17) is 14.2 Å². The monoisotopic (exact) mass is 369 g/mol. The van der Waals surface area contributed by atoms with E-state index in [1.807, 2.05) is 19.2 Å². The first-order valence-corrected chi connectivity index (χ1v) is 9.08. The van der Waals surface area contributed by atoms with E-state index in [1.54, 1.807) is 18.0 Å². The molecule has 142 valence electrons. The van der Waals surface area contributed by atoms with E-state index in [1.165, 1.54) is 0 Å². The molecule has 4 rings (SSSR count). The van der Waals surface area contributed by atoms with Crippen molar-refractivity contribution in [1.29, 1.82) is 0 Å². The van der Waals surface area contributed by atoms with Gasteiger partial charge in [-0.3, -0.25) is 4.68 Å². The molecule has 0 fully saturated rings. The number of anilines is 1. The van der Waals surface area contributed by atoms with Crippen LogP contribution in [-0.4, -0.2) is 40.1 Å². The van der Waals surface area contributed by atoms with Crippen molar-refractivity contribution in [2.45, 2.75) is 26.3 Å². The number of rotatable bonds is 6. The molecule has 0 spiro atoms. The van der Waals surface area contributed by atoms with Crippen molar-refractivity contribution in [1.82, 2.24) is 19.7 Å². The summed E-state index contributed by atoms with van der Waals surface area (Å²) in [6, 6.07) is 3.82. The summed E-state index contributed by atoms with van der Waals surface area (Å²) in [5.74, 6) is 3.78. The van der Waals surface area contributed by atoms with Crippen LogP contribution in [0.25, 0.3) is 11.0 Å². The molecule has 8 nitrogen and oxygen atoms in total. The van der Waals surface area contributed by atoms with Gasteiger partial charge in [0.05, 0.1) is 18.7 Å². The van der Waals surface area contributed by atoms with Gasteiger partial charge in [-0.25, -0.2) is 9.97 Å². The third-order valence-electron chi connectivity index (χ3n) is 4.50. The molecule has 1 aliphatic heterocycles. The predicted molar refractivity (Wildman–Crippen MR) is 102 cm³/mol. The Morgan fingerprint density at radius 2 is 1.96 bits per heavy atom. The number of fused-ring (bicyclic) bond motifs is 2. The largest absolute Gasteiger partial charge is 0.496 e. The van der Waals surface area contributed by atoms with Crippen LogP contribution in [0.5, 0.6) is 17.2 Å². The summed E-state index contributed by atoms with van der Waals surface area (Å²) in [4.78, 5) is 9.31. The third-order valence-corrected chi connectivity index (χ3v) is 4.50. The normalized spacial score (nSPS) is 13.0. The Kier molecular flexibility index (Phi) is 4.70. The summed E-state index contributed by atoms with van der Waals surface area (Å²) in [5.41, 5.74) is 1.79. The fraction of sp³-hybridized carbons (Fsp3) is 0.421. The Balaban J connectivity index is 1.65. The summed E-state index contributed by atoms with van der Waals surface area (Å²) in [6.07, 6.45) is 3.59. The lowest BCUT2D eigenvalue weighted by atomic mass is 10.1. The molecule has 8 heteroatoms. The molecular weight excluding hydrogens is 346 g/mol. The number of hydrogen-bond donors (Lipinski definition) is 1. The molecule has 0 amide bonds. The van der Waals surface area contributed by atoms with E-state index >= 15 is 0 Å². The zero-order chi connectivity index (χ0) is 18.8. The summed E-state index contributed by atoms with van der Waals surface area (Å²) < 4.78 is 18.6. The second-order valence-corrected chi connectivity index (χ2v) is 6.41. The minimum Gasteiger partial charge on any atom is -0.496 e. The van der Waals surface area contributed by atoms with Gasteiger partial charge in [0.25, 0.3) is 0 Å². The molecule has 0 saturated carbocycles. The first-order valence-electron chi connectivity index (χ1n) is 9.08. The Morgan fingerprint density at radius 1 is 1.19 bits per heavy atom. The average Bonchev–Trinajstić information content (AvgIpc) is 3.06. The van der Waals surface area contributed by atoms with Crippen LogP contribution < -0.4 is 19.5 Å². The van der Waals surface area contributed by atoms with Gasteiger partial charge in [0.2, 0.25) is 0 Å². The smallest absolute Gasteiger partial charge is 0.165 e. The number of nitrogens with one attached hydrogen (secondary N) is 1. The quantitative estimate of drug-likeness (QED) is 0.715. The lowest BCUT2D eigenvalue weighted by Crippen LogP contribution is -2.16. The highest BCUT2D eigenvalue weighted by molar-refractivity contribution is 5.86. The molecule has 0 unspecified atom stereocenters. The number of methoxy groups -OCH3 is 1. The molecule has 27 heavy (non-hydrogen) atoms. The fourth-order valence-corrected chi connectivity index (χ4v) is 3.16. The zero-order valence-electron chi connectivity index (χ0n) is 15.8. The van der Waals surface area contributed by atoms with Crippen molar-refractivity contribution in [3.8, 4) is 17.2 Å². The minimum absolute atomic E-state index is 0.534. The van der Waals surface area contributed by atoms with E-state index in [0.29, 0.717) is 25.5 Å². The van der Waals surface area contributed by atoms with Crippen LogP contribution in [-0.2, 0) is 20.0 Å². The van der Waals surface area contributed by atoms with Gasteiger partial charge in [-0.1, -0.05) is 6.92 Å². The minimum atomic E-state index is 0.534. The highest BCUT2D eigenvalue weighted by Gasteiger charge is 2.17. The Labute approximate surface area is 157 Å². The Bertz CT molecular complexity index is 970. The van der Waals surface area contributed by atoms with Crippen LogP contribution in [0, 0.1) is 0 Å². The first-order chi connectivity index (χ1) is 13.2. The van der Waals surface area contributed by atoms with E-state index in [9.17, 15) is 0 Å². The summed E-state index contributed by atoms with van der Waals surface area (Å²) >= 11 is 0. The van der Waals surface area contributed by atoms with Gasteiger partial charge in [-0.05, 0) is 12.5 Å². The molecule has 0 radical (unpaired) electrons. The Morgan fingerprint density at radius 3 is 2.70 bits per heavy atom. The maximum absolute atomic E-state index is 5.69. The summed E-state index contributed by atoms with van der Waals surface area (Å²) in [6.45, 7) is 3.75. The molecule has 0 atom stereocenters. The van der Waals surface area contributed by atoms with Crippen LogP contribution in [0.15, 0.2) is 18.3 Å². The van der Waals surface area contributed by atoms with Crippen LogP contribution in [0.4, 0.5) is 5.82 Å². The van der Waals surface area contributed by atoms with Gasteiger partial charge in [0.1, 0.15) is 30.6 Å². The molecule has 1 N–H and O–H groups in total. The van der Waals surface area contributed by atoms with E-state index in [2.05, 4.69) is 27.3 Å². The molecule has 3 heterocycles. The number of nitrogens with zero attached hydrogens (tertiary/aromatic N) is 4. The van der Waals surface area contributed by atoms with Gasteiger partial charge in [-0.15, -0.1) is 0 Å². The number of aryl methyl sites for hydroxylation is 2. The highest BCUT2D eigenvalue weighted by atomic mass is 16.6. The van der Waals surface area contributed by atoms with Gasteiger partial charge < -0.3 is 19.5 Å². The predicted octanol–water partition coefficient (Wildman–Crippen LogP) is 2.71. The zero-order valence-corrected chi connectivity index (χ0v) is 15.8. The number of hydrogen-bond acceptors (Lipinski definition) is 7. The Hall–Kier alpha value is -3.03. The molecule has 0 saturated heterocycles. The van der Waals surface area contributed by atoms with Crippen LogP contribution in [0.3, 0.4) is 0 Å². The van der Waals surface area contributed by atoms with Crippen molar-refractivity contribution >= 4 is 16.9 Å². The fourth-order valence-electron chi connectivity index (χ4n) is 3.16. The number of ether oxygens (including phenoxy) is 3. The second-order valence-electron chi connectivity index (χ2n) is 6.41. The molecular formula is C19H23N5O3. The lowest BCUT2D eigenvalue weighted by Gasteiger charge is -2.21. The van der Waals surface area contributed by atoms with Gasteiger partial charge in [-0.2, -0.15) is 5.10 Å². The van der Waals surface area contributed by atoms with Crippen molar-refractivity contribution in [2.75, 3.05) is 25.6 Å². The van der Waals surface area contributed by atoms with Crippen LogP contribution in [0.1, 0.15) is 24.7 Å². The molecule has 2 aromatic heterocycles. The number of aromatic nitrogens is 4. The van der Waals surface area contributed by atoms with Crippen molar-refractivity contribution in [2.24, 2.45) is 7.05 Å². The number of benzene rings is 1. The van der Waals surface area contributed by atoms with Crippen LogP contribution in [0.2, 0.25) is 0 Å². The highest BCUT2D eigenvalue weighted by Crippen LogP contribution is 2.37.